The van der Waals surface area contributed by atoms with E-state index in [0.717, 1.165) is 42.6 Å². The van der Waals surface area contributed by atoms with Crippen LogP contribution in [0.15, 0.2) is 18.2 Å². The first kappa shape index (κ1) is 11.6. The zero-order chi connectivity index (χ0) is 11.5. The standard InChI is InChI=1S/C12H17ClN2O/c1-14-5-7-15(8-6-14)11-4-3-10(13)9-12(11)16-2/h3-4,9H,5-8H2,1-2H3. The van der Waals surface area contributed by atoms with Crippen molar-refractivity contribution in [2.45, 2.75) is 0 Å². The lowest BCUT2D eigenvalue weighted by Crippen LogP contribution is -2.44. The van der Waals surface area contributed by atoms with Gasteiger partial charge in [0.2, 0.25) is 0 Å². The van der Waals surface area contributed by atoms with Crippen LogP contribution in [0, 0.1) is 0 Å². The van der Waals surface area contributed by atoms with Gasteiger partial charge in [-0.2, -0.15) is 0 Å². The fourth-order valence-electron chi connectivity index (χ4n) is 1.96. The van der Waals surface area contributed by atoms with E-state index in [4.69, 9.17) is 16.3 Å². The average Bonchev–Trinajstić information content (AvgIpc) is 2.30. The molecule has 0 radical (unpaired) electrons. The highest BCUT2D eigenvalue weighted by molar-refractivity contribution is 6.30. The van der Waals surface area contributed by atoms with Crippen LogP contribution in [0.4, 0.5) is 5.69 Å². The average molecular weight is 241 g/mol. The molecule has 0 amide bonds. The number of ether oxygens (including phenoxy) is 1. The second-order valence-corrected chi connectivity index (χ2v) is 4.54. The lowest BCUT2D eigenvalue weighted by Gasteiger charge is -2.34. The minimum absolute atomic E-state index is 0.717. The van der Waals surface area contributed by atoms with Crippen molar-refractivity contribution in [2.75, 3.05) is 45.2 Å². The van der Waals surface area contributed by atoms with Crippen LogP contribution in [-0.4, -0.2) is 45.2 Å². The SMILES string of the molecule is COc1cc(Cl)ccc1N1CCN(C)CC1. The monoisotopic (exact) mass is 240 g/mol. The minimum atomic E-state index is 0.717. The van der Waals surface area contributed by atoms with E-state index in [9.17, 15) is 0 Å². The van der Waals surface area contributed by atoms with Gasteiger partial charge in [-0.3, -0.25) is 0 Å². The lowest BCUT2D eigenvalue weighted by atomic mass is 10.2. The van der Waals surface area contributed by atoms with Crippen LogP contribution in [0.3, 0.4) is 0 Å². The van der Waals surface area contributed by atoms with E-state index in [0.29, 0.717) is 0 Å². The highest BCUT2D eigenvalue weighted by Crippen LogP contribution is 2.31. The van der Waals surface area contributed by atoms with Gasteiger partial charge >= 0.3 is 0 Å². The van der Waals surface area contributed by atoms with Crippen LogP contribution >= 0.6 is 11.6 Å². The zero-order valence-electron chi connectivity index (χ0n) is 9.74. The molecule has 0 saturated carbocycles. The molecule has 1 aromatic rings. The van der Waals surface area contributed by atoms with E-state index in [2.05, 4.69) is 16.8 Å². The number of benzene rings is 1. The first-order chi connectivity index (χ1) is 7.70. The minimum Gasteiger partial charge on any atom is -0.495 e. The molecule has 16 heavy (non-hydrogen) atoms. The Morgan fingerprint density at radius 1 is 1.19 bits per heavy atom. The number of halogens is 1. The van der Waals surface area contributed by atoms with Crippen LogP contribution in [0.1, 0.15) is 0 Å². The van der Waals surface area contributed by atoms with E-state index >= 15 is 0 Å². The van der Waals surface area contributed by atoms with Gasteiger partial charge in [0.1, 0.15) is 5.75 Å². The summed E-state index contributed by atoms with van der Waals surface area (Å²) < 4.78 is 5.37. The number of methoxy groups -OCH3 is 1. The van der Waals surface area contributed by atoms with E-state index in [1.54, 1.807) is 7.11 Å². The smallest absolute Gasteiger partial charge is 0.143 e. The summed E-state index contributed by atoms with van der Waals surface area (Å²) in [5, 5.41) is 0.717. The van der Waals surface area contributed by atoms with Crippen LogP contribution < -0.4 is 9.64 Å². The Labute approximate surface area is 102 Å². The van der Waals surface area contributed by atoms with E-state index in [1.807, 2.05) is 18.2 Å². The van der Waals surface area contributed by atoms with Crippen LogP contribution in [0.25, 0.3) is 0 Å². The molecule has 0 unspecified atom stereocenters. The Bertz CT molecular complexity index is 362. The summed E-state index contributed by atoms with van der Waals surface area (Å²) in [6, 6.07) is 5.82. The van der Waals surface area contributed by atoms with Gasteiger partial charge in [-0.15, -0.1) is 0 Å². The number of nitrogens with zero attached hydrogens (tertiary/aromatic N) is 2. The van der Waals surface area contributed by atoms with Crippen LogP contribution in [-0.2, 0) is 0 Å². The summed E-state index contributed by atoms with van der Waals surface area (Å²) in [5.41, 5.74) is 1.14. The number of hydrogen-bond acceptors (Lipinski definition) is 3. The first-order valence-corrected chi connectivity index (χ1v) is 5.85. The Hall–Kier alpha value is -0.930. The third-order valence-corrected chi connectivity index (χ3v) is 3.22. The largest absolute Gasteiger partial charge is 0.495 e. The van der Waals surface area contributed by atoms with Crippen molar-refractivity contribution in [3.05, 3.63) is 23.2 Å². The highest BCUT2D eigenvalue weighted by Gasteiger charge is 2.17. The van der Waals surface area contributed by atoms with Gasteiger partial charge in [-0.1, -0.05) is 11.6 Å². The maximum Gasteiger partial charge on any atom is 0.143 e. The van der Waals surface area contributed by atoms with Crippen LogP contribution in [0.5, 0.6) is 5.75 Å². The zero-order valence-corrected chi connectivity index (χ0v) is 10.5. The number of hydrogen-bond donors (Lipinski definition) is 0. The van der Waals surface area contributed by atoms with Crippen molar-refractivity contribution >= 4 is 17.3 Å². The maximum absolute atomic E-state index is 5.95. The number of rotatable bonds is 2. The molecule has 1 aliphatic rings. The quantitative estimate of drug-likeness (QED) is 0.788. The van der Waals surface area contributed by atoms with E-state index < -0.39 is 0 Å². The highest BCUT2D eigenvalue weighted by atomic mass is 35.5. The lowest BCUT2D eigenvalue weighted by molar-refractivity contribution is 0.311. The van der Waals surface area contributed by atoms with Gasteiger partial charge in [0, 0.05) is 37.3 Å². The van der Waals surface area contributed by atoms with Gasteiger partial charge in [0.15, 0.2) is 0 Å². The van der Waals surface area contributed by atoms with Crippen molar-refractivity contribution in [2.24, 2.45) is 0 Å². The molecule has 3 nitrogen and oxygen atoms in total. The molecule has 1 fully saturated rings. The fraction of sp³-hybridized carbons (Fsp3) is 0.500. The third kappa shape index (κ3) is 2.42. The Kier molecular flexibility index (Phi) is 3.56. The summed E-state index contributed by atoms with van der Waals surface area (Å²) in [6.07, 6.45) is 0. The Balaban J connectivity index is 2.19. The van der Waals surface area contributed by atoms with Gasteiger partial charge in [0.25, 0.3) is 0 Å². The van der Waals surface area contributed by atoms with Gasteiger partial charge in [-0.05, 0) is 19.2 Å². The maximum atomic E-state index is 5.95. The van der Waals surface area contributed by atoms with Crippen molar-refractivity contribution in [1.29, 1.82) is 0 Å². The summed E-state index contributed by atoms with van der Waals surface area (Å²) >= 11 is 5.95. The molecule has 1 saturated heterocycles. The Morgan fingerprint density at radius 2 is 1.88 bits per heavy atom. The molecule has 88 valence electrons. The molecule has 1 heterocycles. The predicted octanol–water partition coefficient (Wildman–Crippen LogP) is 2.10. The molecule has 0 N–H and O–H groups in total. The van der Waals surface area contributed by atoms with Crippen molar-refractivity contribution in [3.63, 3.8) is 0 Å². The van der Waals surface area contributed by atoms with E-state index in [1.165, 1.54) is 0 Å². The van der Waals surface area contributed by atoms with Gasteiger partial charge < -0.3 is 14.5 Å². The van der Waals surface area contributed by atoms with Crippen LogP contribution in [0.2, 0.25) is 5.02 Å². The molecule has 0 aromatic heterocycles. The summed E-state index contributed by atoms with van der Waals surface area (Å²) in [5.74, 6) is 0.858. The first-order valence-electron chi connectivity index (χ1n) is 5.48. The third-order valence-electron chi connectivity index (χ3n) is 2.99. The van der Waals surface area contributed by atoms with Crippen molar-refractivity contribution in [3.8, 4) is 5.75 Å². The molecule has 0 bridgehead atoms. The van der Waals surface area contributed by atoms with Crippen molar-refractivity contribution < 1.29 is 4.74 Å². The number of anilines is 1. The topological polar surface area (TPSA) is 15.7 Å². The summed E-state index contributed by atoms with van der Waals surface area (Å²) in [4.78, 5) is 4.67. The second-order valence-electron chi connectivity index (χ2n) is 4.11. The fourth-order valence-corrected chi connectivity index (χ4v) is 2.12. The van der Waals surface area contributed by atoms with E-state index in [-0.39, 0.29) is 0 Å². The molecular formula is C12H17ClN2O. The molecular weight excluding hydrogens is 224 g/mol. The number of piperazine rings is 1. The molecule has 0 spiro atoms. The molecule has 1 aliphatic heterocycles. The van der Waals surface area contributed by atoms with Gasteiger partial charge in [0.05, 0.1) is 12.8 Å². The van der Waals surface area contributed by atoms with Gasteiger partial charge in [-0.25, -0.2) is 0 Å². The molecule has 0 aliphatic carbocycles. The second kappa shape index (κ2) is 4.93. The Morgan fingerprint density at radius 3 is 2.50 bits per heavy atom. The predicted molar refractivity (Wildman–Crippen MR) is 67.7 cm³/mol. The normalized spacial score (nSPS) is 17.6. The number of likely N-dealkylation sites (N-methyl/N-ethyl adjacent to an activating group) is 1. The summed E-state index contributed by atoms with van der Waals surface area (Å²) in [7, 11) is 3.83. The molecule has 0 atom stereocenters. The molecule has 1 aromatic carbocycles. The molecule has 2 rings (SSSR count). The van der Waals surface area contributed by atoms with Crippen molar-refractivity contribution in [1.82, 2.24) is 4.90 Å². The molecule has 4 heteroatoms. The summed E-state index contributed by atoms with van der Waals surface area (Å²) in [6.45, 7) is 4.25.